The summed E-state index contributed by atoms with van der Waals surface area (Å²) in [6.07, 6.45) is 4.94. The monoisotopic (exact) mass is 354 g/mol. The first-order valence-electron chi connectivity index (χ1n) is 9.27. The van der Waals surface area contributed by atoms with Crippen LogP contribution in [-0.2, 0) is 11.8 Å². The molecule has 1 unspecified atom stereocenters. The molecule has 0 radical (unpaired) electrons. The Morgan fingerprint density at radius 3 is 2.73 bits per heavy atom. The van der Waals surface area contributed by atoms with Crippen molar-refractivity contribution in [1.29, 1.82) is 0 Å². The molecule has 3 atom stereocenters. The highest BCUT2D eigenvalue weighted by molar-refractivity contribution is 5.81. The highest BCUT2D eigenvalue weighted by Gasteiger charge is 2.39. The molecule has 0 aliphatic carbocycles. The number of rotatable bonds is 4. The van der Waals surface area contributed by atoms with Gasteiger partial charge < -0.3 is 15.0 Å². The van der Waals surface area contributed by atoms with E-state index in [1.165, 1.54) is 5.56 Å². The molecule has 26 heavy (non-hydrogen) atoms. The molecule has 6 nitrogen and oxygen atoms in total. The van der Waals surface area contributed by atoms with Crippen LogP contribution in [0.15, 0.2) is 36.7 Å². The number of methoxy groups -OCH3 is 1. The van der Waals surface area contributed by atoms with E-state index in [9.17, 15) is 4.79 Å². The van der Waals surface area contributed by atoms with Crippen molar-refractivity contribution in [2.75, 3.05) is 33.3 Å². The summed E-state index contributed by atoms with van der Waals surface area (Å²) in [7, 11) is 3.60. The third kappa shape index (κ3) is 3.21. The third-order valence-electron chi connectivity index (χ3n) is 5.77. The SMILES string of the molecule is COc1ccc(C2CCN(C(=O)[C@H]3CNC[C@@H]3c3cnn(C)c3)C2)cc1. The van der Waals surface area contributed by atoms with E-state index in [2.05, 4.69) is 27.4 Å². The van der Waals surface area contributed by atoms with Crippen molar-refractivity contribution < 1.29 is 9.53 Å². The number of hydrogen-bond acceptors (Lipinski definition) is 4. The van der Waals surface area contributed by atoms with Crippen molar-refractivity contribution in [3.05, 3.63) is 47.8 Å². The normalized spacial score (nSPS) is 25.6. The Bertz CT molecular complexity index is 770. The fourth-order valence-electron chi connectivity index (χ4n) is 4.26. The zero-order chi connectivity index (χ0) is 18.1. The Kier molecular flexibility index (Phi) is 4.68. The predicted octanol–water partition coefficient (Wildman–Crippen LogP) is 1.75. The zero-order valence-electron chi connectivity index (χ0n) is 15.4. The van der Waals surface area contributed by atoms with Gasteiger partial charge in [-0.2, -0.15) is 5.10 Å². The van der Waals surface area contributed by atoms with Crippen LogP contribution in [0, 0.1) is 5.92 Å². The summed E-state index contributed by atoms with van der Waals surface area (Å²) >= 11 is 0. The molecular weight excluding hydrogens is 328 g/mol. The van der Waals surface area contributed by atoms with Crippen LogP contribution >= 0.6 is 0 Å². The fourth-order valence-corrected chi connectivity index (χ4v) is 4.26. The molecule has 1 N–H and O–H groups in total. The van der Waals surface area contributed by atoms with Gasteiger partial charge in [-0.1, -0.05) is 12.1 Å². The smallest absolute Gasteiger partial charge is 0.227 e. The second-order valence-corrected chi connectivity index (χ2v) is 7.36. The molecule has 2 aliphatic heterocycles. The summed E-state index contributed by atoms with van der Waals surface area (Å²) < 4.78 is 7.05. The molecule has 2 aliphatic rings. The quantitative estimate of drug-likeness (QED) is 0.909. The lowest BCUT2D eigenvalue weighted by atomic mass is 9.90. The Labute approximate surface area is 154 Å². The minimum atomic E-state index is 0.00816. The lowest BCUT2D eigenvalue weighted by molar-refractivity contribution is -0.134. The van der Waals surface area contributed by atoms with E-state index in [4.69, 9.17) is 4.74 Å². The number of aromatic nitrogens is 2. The largest absolute Gasteiger partial charge is 0.497 e. The third-order valence-corrected chi connectivity index (χ3v) is 5.77. The Hall–Kier alpha value is -2.34. The number of nitrogens with zero attached hydrogens (tertiary/aromatic N) is 3. The highest BCUT2D eigenvalue weighted by atomic mass is 16.5. The van der Waals surface area contributed by atoms with Crippen LogP contribution in [0.4, 0.5) is 0 Å². The summed E-state index contributed by atoms with van der Waals surface area (Å²) in [5, 5.41) is 7.66. The van der Waals surface area contributed by atoms with Gasteiger partial charge in [0.1, 0.15) is 5.75 Å². The van der Waals surface area contributed by atoms with E-state index in [1.54, 1.807) is 7.11 Å². The molecule has 0 saturated carbocycles. The number of nitrogens with one attached hydrogen (secondary N) is 1. The Morgan fingerprint density at radius 2 is 2.04 bits per heavy atom. The van der Waals surface area contributed by atoms with Crippen molar-refractivity contribution in [3.8, 4) is 5.75 Å². The average molecular weight is 354 g/mol. The van der Waals surface area contributed by atoms with Crippen LogP contribution < -0.4 is 10.1 Å². The summed E-state index contributed by atoms with van der Waals surface area (Å²) in [5.74, 6) is 1.79. The van der Waals surface area contributed by atoms with E-state index in [1.807, 2.05) is 36.3 Å². The van der Waals surface area contributed by atoms with Crippen LogP contribution in [0.5, 0.6) is 5.75 Å². The lowest BCUT2D eigenvalue weighted by Gasteiger charge is -2.24. The van der Waals surface area contributed by atoms with Crippen LogP contribution in [0.1, 0.15) is 29.4 Å². The Morgan fingerprint density at radius 1 is 1.23 bits per heavy atom. The van der Waals surface area contributed by atoms with Crippen molar-refractivity contribution >= 4 is 5.91 Å². The van der Waals surface area contributed by atoms with Gasteiger partial charge in [0.15, 0.2) is 0 Å². The number of carbonyl (C=O) groups excluding carboxylic acids is 1. The maximum absolute atomic E-state index is 13.2. The molecule has 2 fully saturated rings. The second kappa shape index (κ2) is 7.11. The van der Waals surface area contributed by atoms with Crippen molar-refractivity contribution in [3.63, 3.8) is 0 Å². The van der Waals surface area contributed by atoms with Crippen LogP contribution in [0.2, 0.25) is 0 Å². The van der Waals surface area contributed by atoms with Crippen LogP contribution in [0.25, 0.3) is 0 Å². The van der Waals surface area contributed by atoms with Crippen molar-refractivity contribution in [1.82, 2.24) is 20.0 Å². The molecule has 4 rings (SSSR count). The number of amides is 1. The standard InChI is InChI=1S/C20H26N4O2/c1-23-12-16(9-22-23)18-10-21-11-19(18)20(25)24-8-7-15(13-24)14-3-5-17(26-2)6-4-14/h3-6,9,12,15,18-19,21H,7-8,10-11,13H2,1-2H3/t15?,18-,19+/m1/s1. The maximum atomic E-state index is 13.2. The molecule has 1 aromatic heterocycles. The number of carbonyl (C=O) groups is 1. The molecular formula is C20H26N4O2. The number of aryl methyl sites for hydroxylation is 1. The number of benzene rings is 1. The number of ether oxygens (including phenoxy) is 1. The first-order valence-corrected chi connectivity index (χ1v) is 9.27. The van der Waals surface area contributed by atoms with Gasteiger partial charge in [0, 0.05) is 51.3 Å². The predicted molar refractivity (Wildman–Crippen MR) is 99.2 cm³/mol. The van der Waals surface area contributed by atoms with Gasteiger partial charge in [0.05, 0.1) is 19.2 Å². The molecule has 138 valence electrons. The maximum Gasteiger partial charge on any atom is 0.227 e. The topological polar surface area (TPSA) is 59.4 Å². The summed E-state index contributed by atoms with van der Waals surface area (Å²) in [5.41, 5.74) is 2.44. The first kappa shape index (κ1) is 17.1. The van der Waals surface area contributed by atoms with E-state index >= 15 is 0 Å². The molecule has 0 spiro atoms. The number of hydrogen-bond donors (Lipinski definition) is 1. The van der Waals surface area contributed by atoms with Gasteiger partial charge in [0.25, 0.3) is 0 Å². The van der Waals surface area contributed by atoms with Crippen molar-refractivity contribution in [2.24, 2.45) is 13.0 Å². The van der Waals surface area contributed by atoms with Crippen LogP contribution in [0.3, 0.4) is 0 Å². The van der Waals surface area contributed by atoms with E-state index in [0.29, 0.717) is 5.92 Å². The van der Waals surface area contributed by atoms with Gasteiger partial charge in [0.2, 0.25) is 5.91 Å². The van der Waals surface area contributed by atoms with Gasteiger partial charge in [-0.05, 0) is 29.7 Å². The summed E-state index contributed by atoms with van der Waals surface area (Å²) in [6, 6.07) is 8.23. The van der Waals surface area contributed by atoms with Gasteiger partial charge >= 0.3 is 0 Å². The molecule has 2 saturated heterocycles. The highest BCUT2D eigenvalue weighted by Crippen LogP contribution is 2.33. The van der Waals surface area contributed by atoms with E-state index in [0.717, 1.165) is 43.9 Å². The molecule has 1 aromatic carbocycles. The lowest BCUT2D eigenvalue weighted by Crippen LogP contribution is -2.37. The zero-order valence-corrected chi connectivity index (χ0v) is 15.4. The molecule has 1 amide bonds. The molecule has 2 aromatic rings. The van der Waals surface area contributed by atoms with E-state index in [-0.39, 0.29) is 17.7 Å². The van der Waals surface area contributed by atoms with Crippen molar-refractivity contribution in [2.45, 2.75) is 18.3 Å². The van der Waals surface area contributed by atoms with Gasteiger partial charge in [-0.15, -0.1) is 0 Å². The first-order chi connectivity index (χ1) is 12.7. The summed E-state index contributed by atoms with van der Waals surface area (Å²) in [6.45, 7) is 3.24. The minimum absolute atomic E-state index is 0.00816. The molecule has 6 heteroatoms. The van der Waals surface area contributed by atoms with E-state index < -0.39 is 0 Å². The second-order valence-electron chi connectivity index (χ2n) is 7.36. The minimum Gasteiger partial charge on any atom is -0.497 e. The number of likely N-dealkylation sites (tertiary alicyclic amines) is 1. The average Bonchev–Trinajstić information content (AvgIpc) is 3.41. The van der Waals surface area contributed by atoms with Crippen LogP contribution in [-0.4, -0.2) is 53.9 Å². The van der Waals surface area contributed by atoms with Gasteiger partial charge in [-0.3, -0.25) is 9.48 Å². The Balaban J connectivity index is 1.43. The van der Waals surface area contributed by atoms with Gasteiger partial charge in [-0.25, -0.2) is 0 Å². The summed E-state index contributed by atoms with van der Waals surface area (Å²) in [4.78, 5) is 15.2. The molecule has 0 bridgehead atoms. The fraction of sp³-hybridized carbons (Fsp3) is 0.500. The molecule has 3 heterocycles.